The van der Waals surface area contributed by atoms with Gasteiger partial charge in [-0.25, -0.2) is 17.7 Å². The first-order valence-corrected chi connectivity index (χ1v) is 17.1. The largest absolute Gasteiger partial charge is 0.496 e. The number of carbonyl (C=O) groups excluding carboxylic acids is 1. The number of benzene rings is 3. The number of aromatic nitrogens is 1. The fourth-order valence-corrected chi connectivity index (χ4v) is 8.87. The third-order valence-electron chi connectivity index (χ3n) is 9.26. The van der Waals surface area contributed by atoms with Crippen LogP contribution in [0.15, 0.2) is 82.4 Å². The Labute approximate surface area is 272 Å². The van der Waals surface area contributed by atoms with Gasteiger partial charge in [-0.3, -0.25) is 14.6 Å². The summed E-state index contributed by atoms with van der Waals surface area (Å²) in [4.78, 5) is 24.1. The second-order valence-electron chi connectivity index (χ2n) is 11.8. The summed E-state index contributed by atoms with van der Waals surface area (Å²) < 4.78 is 41.6. The van der Waals surface area contributed by atoms with E-state index in [0.717, 1.165) is 48.8 Å². The van der Waals surface area contributed by atoms with Crippen molar-refractivity contribution in [1.82, 2.24) is 14.8 Å². The maximum absolute atomic E-state index is 15.4. The Hall–Kier alpha value is -4.21. The van der Waals surface area contributed by atoms with E-state index in [2.05, 4.69) is 9.88 Å². The van der Waals surface area contributed by atoms with Gasteiger partial charge >= 0.3 is 0 Å². The lowest BCUT2D eigenvalue weighted by atomic mass is 9.80. The minimum Gasteiger partial charge on any atom is -0.496 e. The van der Waals surface area contributed by atoms with Crippen LogP contribution in [0.1, 0.15) is 59.9 Å². The predicted octanol–water partition coefficient (Wildman–Crippen LogP) is 5.62. The van der Waals surface area contributed by atoms with Gasteiger partial charge in [-0.2, -0.15) is 5.26 Å². The van der Waals surface area contributed by atoms with Gasteiger partial charge in [0.2, 0.25) is 5.89 Å². The summed E-state index contributed by atoms with van der Waals surface area (Å²) in [5.74, 6) is 0.219. The van der Waals surface area contributed by atoms with E-state index in [-0.39, 0.29) is 10.6 Å². The van der Waals surface area contributed by atoms with Crippen molar-refractivity contribution in [1.29, 1.82) is 5.26 Å². The fraction of sp³-hybridized carbons (Fsp3) is 0.324. The number of fused-ring (bicyclic) bond motifs is 1. The third-order valence-corrected chi connectivity index (χ3v) is 11.2. The normalized spacial score (nSPS) is 21.9. The highest BCUT2D eigenvalue weighted by Gasteiger charge is 2.62. The number of carbonyl (C=O) groups is 1. The number of oxazole rings is 1. The van der Waals surface area contributed by atoms with Gasteiger partial charge in [0.15, 0.2) is 5.54 Å². The second kappa shape index (κ2) is 11.9. The summed E-state index contributed by atoms with van der Waals surface area (Å²) in [6, 6.07) is 17.7. The number of methoxy groups -OCH3 is 1. The molecular formula is C34H32ClN5O5S. The quantitative estimate of drug-likeness (QED) is 0.238. The molecule has 0 radical (unpaired) electrons. The van der Waals surface area contributed by atoms with Gasteiger partial charge in [0.1, 0.15) is 12.0 Å². The van der Waals surface area contributed by atoms with Crippen LogP contribution in [0.2, 0.25) is 5.02 Å². The van der Waals surface area contributed by atoms with Crippen LogP contribution >= 0.6 is 11.6 Å². The minimum atomic E-state index is -4.44. The molecule has 1 amide bonds. The second-order valence-corrected chi connectivity index (χ2v) is 14.0. The summed E-state index contributed by atoms with van der Waals surface area (Å²) in [6.45, 7) is 3.23. The smallest absolute Gasteiger partial charge is 0.271 e. The molecule has 3 aromatic carbocycles. The lowest BCUT2D eigenvalue weighted by molar-refractivity contribution is -0.127. The zero-order valence-electron chi connectivity index (χ0n) is 25.2. The molecule has 1 aromatic heterocycles. The molecule has 2 saturated heterocycles. The minimum absolute atomic E-state index is 0.116. The topological polar surface area (TPSA) is 120 Å². The van der Waals surface area contributed by atoms with E-state index in [9.17, 15) is 13.7 Å². The van der Waals surface area contributed by atoms with Crippen molar-refractivity contribution in [2.24, 2.45) is 0 Å². The molecule has 3 aliphatic rings. The van der Waals surface area contributed by atoms with E-state index >= 15 is 4.79 Å². The number of rotatable bonds is 8. The zero-order chi connectivity index (χ0) is 32.1. The Kier molecular flexibility index (Phi) is 7.85. The van der Waals surface area contributed by atoms with Crippen molar-refractivity contribution in [3.63, 3.8) is 0 Å². The number of hydrogen-bond acceptors (Lipinski definition) is 9. The molecule has 2 fully saturated rings. The highest BCUT2D eigenvalue weighted by molar-refractivity contribution is 7.93. The highest BCUT2D eigenvalue weighted by atomic mass is 35.5. The van der Waals surface area contributed by atoms with Gasteiger partial charge in [-0.15, -0.1) is 0 Å². The molecule has 0 aliphatic carbocycles. The molecule has 7 rings (SSSR count). The summed E-state index contributed by atoms with van der Waals surface area (Å²) in [5, 5.41) is 9.65. The molecule has 3 aliphatic heterocycles. The van der Waals surface area contributed by atoms with Crippen LogP contribution in [0.5, 0.6) is 5.75 Å². The molecule has 4 aromatic rings. The summed E-state index contributed by atoms with van der Waals surface area (Å²) in [5.41, 5.74) is 0.795. The van der Waals surface area contributed by atoms with Crippen LogP contribution in [0.4, 0.5) is 5.69 Å². The number of sulfonamides is 1. The molecule has 4 heterocycles. The average Bonchev–Trinajstić information content (AvgIpc) is 3.88. The molecule has 0 spiro atoms. The molecule has 2 unspecified atom stereocenters. The molecule has 10 nitrogen and oxygen atoms in total. The Morgan fingerprint density at radius 2 is 1.83 bits per heavy atom. The van der Waals surface area contributed by atoms with Gasteiger partial charge < -0.3 is 9.15 Å². The Morgan fingerprint density at radius 1 is 1.04 bits per heavy atom. The van der Waals surface area contributed by atoms with Gasteiger partial charge in [-0.1, -0.05) is 23.7 Å². The Bertz CT molecular complexity index is 1940. The number of amides is 1. The summed E-state index contributed by atoms with van der Waals surface area (Å²) in [6.07, 6.45) is 6.74. The molecule has 0 bridgehead atoms. The molecular weight excluding hydrogens is 626 g/mol. The van der Waals surface area contributed by atoms with Crippen LogP contribution in [0, 0.1) is 11.3 Å². The lowest BCUT2D eigenvalue weighted by Gasteiger charge is -2.41. The number of ether oxygens (including phenoxy) is 1. The first kappa shape index (κ1) is 30.4. The van der Waals surface area contributed by atoms with E-state index in [4.69, 9.17) is 20.8 Å². The van der Waals surface area contributed by atoms with E-state index in [0.29, 0.717) is 46.3 Å². The van der Waals surface area contributed by atoms with E-state index in [1.54, 1.807) is 31.5 Å². The first-order chi connectivity index (χ1) is 22.3. The number of anilines is 1. The molecule has 12 heteroatoms. The third kappa shape index (κ3) is 4.79. The van der Waals surface area contributed by atoms with Crippen molar-refractivity contribution < 1.29 is 22.4 Å². The van der Waals surface area contributed by atoms with Crippen molar-refractivity contribution >= 4 is 33.2 Å². The van der Waals surface area contributed by atoms with Crippen molar-refractivity contribution in [3.05, 3.63) is 106 Å². The average molecular weight is 658 g/mol. The first-order valence-electron chi connectivity index (χ1n) is 15.2. The van der Waals surface area contributed by atoms with Crippen molar-refractivity contribution in [3.8, 4) is 11.8 Å². The van der Waals surface area contributed by atoms with Gasteiger partial charge in [0.05, 0.1) is 41.6 Å². The van der Waals surface area contributed by atoms with Crippen LogP contribution in [-0.4, -0.2) is 55.9 Å². The molecule has 46 heavy (non-hydrogen) atoms. The number of nitriles is 1. The summed E-state index contributed by atoms with van der Waals surface area (Å²) in [7, 11) is -2.88. The Morgan fingerprint density at radius 3 is 2.52 bits per heavy atom. The number of halogens is 1. The van der Waals surface area contributed by atoms with Crippen LogP contribution in [-0.2, 0) is 26.9 Å². The van der Waals surface area contributed by atoms with Crippen molar-refractivity contribution in [2.45, 2.75) is 48.7 Å². The van der Waals surface area contributed by atoms with Crippen molar-refractivity contribution in [2.75, 3.05) is 31.0 Å². The molecule has 0 N–H and O–H groups in total. The highest BCUT2D eigenvalue weighted by Crippen LogP contribution is 2.56. The summed E-state index contributed by atoms with van der Waals surface area (Å²) >= 11 is 6.64. The van der Waals surface area contributed by atoms with Crippen LogP contribution in [0.3, 0.4) is 0 Å². The predicted molar refractivity (Wildman–Crippen MR) is 171 cm³/mol. The number of nitrogens with zero attached hydrogens (tertiary/aromatic N) is 5. The lowest BCUT2D eigenvalue weighted by Crippen LogP contribution is -2.54. The van der Waals surface area contributed by atoms with E-state index < -0.39 is 27.5 Å². The number of likely N-dealkylation sites (tertiary alicyclic amines) is 2. The van der Waals surface area contributed by atoms with E-state index in [1.165, 1.54) is 30.5 Å². The SMILES string of the molecule is COc1cc(CN2CCCC2)ccc1C1(N2CCCC2c2ncco2)C(=O)N(S(=O)(=O)c2ccc(C#N)cc2)c2ccc(Cl)cc21. The molecule has 0 saturated carbocycles. The molecule has 2 atom stereocenters. The molecule has 236 valence electrons. The van der Waals surface area contributed by atoms with Crippen LogP contribution in [0.25, 0.3) is 0 Å². The zero-order valence-corrected chi connectivity index (χ0v) is 26.8. The Balaban J connectivity index is 1.47. The standard InChI is InChI=1S/C34H32ClN5O5S/c1-44-31-19-24(22-38-15-2-3-16-38)8-12-27(31)34(39-17-4-5-30(39)32-37-14-18-45-32)28-20-25(35)9-13-29(28)40(33(34)41)46(42,43)26-10-6-23(21-36)7-11-26/h6-14,18-20,30H,2-5,15-17,22H2,1H3. The van der Waals surface area contributed by atoms with E-state index in [1.807, 2.05) is 29.2 Å². The maximum Gasteiger partial charge on any atom is 0.271 e. The van der Waals surface area contributed by atoms with Gasteiger partial charge in [-0.05, 0) is 92.9 Å². The monoisotopic (exact) mass is 657 g/mol. The maximum atomic E-state index is 15.4. The van der Waals surface area contributed by atoms with Gasteiger partial charge in [0, 0.05) is 29.2 Å². The fourth-order valence-electron chi connectivity index (χ4n) is 7.24. The number of hydrogen-bond donors (Lipinski definition) is 0. The van der Waals surface area contributed by atoms with Crippen LogP contribution < -0.4 is 9.04 Å². The van der Waals surface area contributed by atoms with Gasteiger partial charge in [0.25, 0.3) is 15.9 Å².